The van der Waals surface area contributed by atoms with Crippen molar-refractivity contribution in [2.75, 3.05) is 0 Å². The van der Waals surface area contributed by atoms with Crippen LogP contribution in [0.2, 0.25) is 0 Å². The fraction of sp³-hybridized carbons (Fsp3) is 0.760. The van der Waals surface area contributed by atoms with E-state index in [0.29, 0.717) is 18.6 Å². The number of carbonyl (C=O) groups is 4. The summed E-state index contributed by atoms with van der Waals surface area (Å²) in [5, 5.41) is 30.2. The van der Waals surface area contributed by atoms with Crippen molar-refractivity contribution in [3.8, 4) is 0 Å². The summed E-state index contributed by atoms with van der Waals surface area (Å²) in [6.45, 7) is 2.13. The van der Waals surface area contributed by atoms with Crippen LogP contribution in [0.3, 0.4) is 0 Å². The monoisotopic (exact) mass is 467 g/mol. The van der Waals surface area contributed by atoms with Crippen LogP contribution in [0.1, 0.15) is 96.8 Å². The van der Waals surface area contributed by atoms with Crippen molar-refractivity contribution in [2.24, 2.45) is 11.8 Å². The van der Waals surface area contributed by atoms with Crippen molar-refractivity contribution in [1.29, 1.82) is 0 Å². The van der Waals surface area contributed by atoms with Gasteiger partial charge in [0.05, 0.1) is 6.10 Å². The van der Waals surface area contributed by atoms with Crippen LogP contribution in [-0.2, 0) is 19.2 Å². The first-order chi connectivity index (χ1) is 15.7. The number of carboxylic acids is 2. The number of hydrogen-bond acceptors (Lipinski definition) is 5. The van der Waals surface area contributed by atoms with Gasteiger partial charge in [0.2, 0.25) is 5.91 Å². The molecule has 0 spiro atoms. The van der Waals surface area contributed by atoms with Gasteiger partial charge in [0, 0.05) is 25.2 Å². The van der Waals surface area contributed by atoms with Crippen molar-refractivity contribution in [3.63, 3.8) is 0 Å². The predicted octanol–water partition coefficient (Wildman–Crippen LogP) is 3.85. The highest BCUT2D eigenvalue weighted by Crippen LogP contribution is 2.34. The summed E-state index contributed by atoms with van der Waals surface area (Å²) < 4.78 is 0. The summed E-state index contributed by atoms with van der Waals surface area (Å²) in [5.41, 5.74) is 0. The van der Waals surface area contributed by atoms with E-state index in [1.807, 2.05) is 12.2 Å². The SMILES string of the molecule is CCCCC[C@H](O)/C=C/[C@H]1CCC(=O)[C@@H]1CCCCCCC(=O)N[C@H](CCC(=O)O)C(=O)O. The Hall–Kier alpha value is -2.22. The maximum absolute atomic E-state index is 12.3. The van der Waals surface area contributed by atoms with Crippen LogP contribution < -0.4 is 5.32 Å². The molecule has 0 bridgehead atoms. The second-order valence-electron chi connectivity index (χ2n) is 9.07. The van der Waals surface area contributed by atoms with E-state index in [0.717, 1.165) is 57.8 Å². The molecule has 1 aliphatic carbocycles. The molecule has 0 unspecified atom stereocenters. The van der Waals surface area contributed by atoms with Crippen LogP contribution in [-0.4, -0.2) is 51.1 Å². The molecule has 33 heavy (non-hydrogen) atoms. The smallest absolute Gasteiger partial charge is 0.326 e. The molecule has 1 rings (SSSR count). The first-order valence-electron chi connectivity index (χ1n) is 12.4. The largest absolute Gasteiger partial charge is 0.481 e. The van der Waals surface area contributed by atoms with Crippen molar-refractivity contribution in [3.05, 3.63) is 12.2 Å². The number of Topliss-reactive ketones (excluding diaryl/α,β-unsaturated/α-hetero) is 1. The fourth-order valence-electron chi connectivity index (χ4n) is 4.31. The number of hydrogen-bond donors (Lipinski definition) is 4. The van der Waals surface area contributed by atoms with E-state index >= 15 is 0 Å². The van der Waals surface area contributed by atoms with Crippen LogP contribution >= 0.6 is 0 Å². The van der Waals surface area contributed by atoms with Gasteiger partial charge < -0.3 is 20.6 Å². The van der Waals surface area contributed by atoms with Gasteiger partial charge in [0.1, 0.15) is 11.8 Å². The zero-order valence-electron chi connectivity index (χ0n) is 19.8. The molecule has 8 nitrogen and oxygen atoms in total. The van der Waals surface area contributed by atoms with E-state index < -0.39 is 24.1 Å². The highest BCUT2D eigenvalue weighted by Gasteiger charge is 2.32. The zero-order chi connectivity index (χ0) is 24.6. The third-order valence-corrected chi connectivity index (χ3v) is 6.29. The molecule has 0 aromatic rings. The second kappa shape index (κ2) is 16.4. The molecular weight excluding hydrogens is 426 g/mol. The summed E-state index contributed by atoms with van der Waals surface area (Å²) in [6.07, 6.45) is 12.6. The summed E-state index contributed by atoms with van der Waals surface area (Å²) in [7, 11) is 0. The number of allylic oxidation sites excluding steroid dienone is 1. The Kier molecular flexibility index (Phi) is 14.3. The number of aliphatic hydroxyl groups excluding tert-OH is 1. The van der Waals surface area contributed by atoms with E-state index in [1.165, 1.54) is 0 Å². The van der Waals surface area contributed by atoms with Crippen molar-refractivity contribution >= 4 is 23.6 Å². The topological polar surface area (TPSA) is 141 Å². The Morgan fingerprint density at radius 1 is 1.03 bits per heavy atom. The van der Waals surface area contributed by atoms with E-state index in [2.05, 4.69) is 12.2 Å². The zero-order valence-corrected chi connectivity index (χ0v) is 19.8. The quantitative estimate of drug-likeness (QED) is 0.177. The van der Waals surface area contributed by atoms with Gasteiger partial charge in [0.15, 0.2) is 0 Å². The minimum absolute atomic E-state index is 0.0120. The normalized spacial score (nSPS) is 20.1. The third-order valence-electron chi connectivity index (χ3n) is 6.29. The van der Waals surface area contributed by atoms with Crippen LogP contribution in [0.15, 0.2) is 12.2 Å². The van der Waals surface area contributed by atoms with Gasteiger partial charge in [-0.3, -0.25) is 14.4 Å². The number of amides is 1. The maximum Gasteiger partial charge on any atom is 0.326 e. The van der Waals surface area contributed by atoms with Crippen LogP contribution in [0.4, 0.5) is 0 Å². The first kappa shape index (κ1) is 28.8. The third kappa shape index (κ3) is 12.6. The number of rotatable bonds is 18. The highest BCUT2D eigenvalue weighted by molar-refractivity contribution is 5.84. The number of carbonyl (C=O) groups excluding carboxylic acids is 2. The average Bonchev–Trinajstić information content (AvgIpc) is 3.11. The molecule has 8 heteroatoms. The summed E-state index contributed by atoms with van der Waals surface area (Å²) in [5.74, 6) is -2.21. The Morgan fingerprint density at radius 2 is 1.76 bits per heavy atom. The van der Waals surface area contributed by atoms with Gasteiger partial charge in [-0.1, -0.05) is 57.6 Å². The molecule has 1 amide bonds. The molecule has 1 saturated carbocycles. The molecule has 0 heterocycles. The van der Waals surface area contributed by atoms with E-state index in [9.17, 15) is 24.3 Å². The minimum Gasteiger partial charge on any atom is -0.481 e. The Bertz CT molecular complexity index is 661. The lowest BCUT2D eigenvalue weighted by molar-refractivity contribution is -0.143. The number of ketones is 1. The predicted molar refractivity (Wildman–Crippen MR) is 125 cm³/mol. The highest BCUT2D eigenvalue weighted by atomic mass is 16.4. The number of aliphatic hydroxyl groups is 1. The van der Waals surface area contributed by atoms with E-state index in [-0.39, 0.29) is 37.0 Å². The molecule has 0 aromatic carbocycles. The molecule has 0 aromatic heterocycles. The molecule has 0 radical (unpaired) electrons. The molecule has 1 fully saturated rings. The van der Waals surface area contributed by atoms with Gasteiger partial charge in [0.25, 0.3) is 0 Å². The molecular formula is C25H41NO7. The molecule has 1 aliphatic rings. The molecule has 0 saturated heterocycles. The lowest BCUT2D eigenvalue weighted by Gasteiger charge is -2.16. The van der Waals surface area contributed by atoms with Crippen molar-refractivity contribution < 1.29 is 34.5 Å². The van der Waals surface area contributed by atoms with Gasteiger partial charge in [-0.25, -0.2) is 4.79 Å². The fourth-order valence-corrected chi connectivity index (χ4v) is 4.31. The van der Waals surface area contributed by atoms with Crippen LogP contribution in [0.25, 0.3) is 0 Å². The van der Waals surface area contributed by atoms with Gasteiger partial charge in [-0.05, 0) is 38.0 Å². The van der Waals surface area contributed by atoms with Gasteiger partial charge in [-0.2, -0.15) is 0 Å². The summed E-state index contributed by atoms with van der Waals surface area (Å²) in [4.78, 5) is 45.9. The van der Waals surface area contributed by atoms with E-state index in [4.69, 9.17) is 10.2 Å². The lowest BCUT2D eigenvalue weighted by atomic mass is 9.89. The first-order valence-corrected chi connectivity index (χ1v) is 12.4. The van der Waals surface area contributed by atoms with Gasteiger partial charge in [-0.15, -0.1) is 0 Å². The molecule has 4 atom stereocenters. The number of aliphatic carboxylic acids is 2. The Balaban J connectivity index is 2.27. The van der Waals surface area contributed by atoms with Gasteiger partial charge >= 0.3 is 11.9 Å². The molecule has 0 aliphatic heterocycles. The second-order valence-corrected chi connectivity index (χ2v) is 9.07. The van der Waals surface area contributed by atoms with E-state index in [1.54, 1.807) is 0 Å². The van der Waals surface area contributed by atoms with Crippen LogP contribution in [0, 0.1) is 11.8 Å². The summed E-state index contributed by atoms with van der Waals surface area (Å²) >= 11 is 0. The number of unbranched alkanes of at least 4 members (excludes halogenated alkanes) is 5. The maximum atomic E-state index is 12.3. The van der Waals surface area contributed by atoms with Crippen molar-refractivity contribution in [2.45, 2.75) is 109 Å². The standard InChI is InChI=1S/C25H41NO7/c1-2-3-6-9-19(27)14-12-18-13-16-22(28)20(18)10-7-4-5-8-11-23(29)26-21(25(32)33)15-17-24(30)31/h12,14,18-21,27H,2-11,13,15-17H2,1H3,(H,26,29)(H,30,31)(H,32,33)/b14-12+/t18-,19-,20+,21+/m0/s1. The Labute approximate surface area is 196 Å². The lowest BCUT2D eigenvalue weighted by Crippen LogP contribution is -2.41. The van der Waals surface area contributed by atoms with Crippen molar-refractivity contribution in [1.82, 2.24) is 5.32 Å². The molecule has 188 valence electrons. The number of carboxylic acid groups (broad SMARTS) is 2. The summed E-state index contributed by atoms with van der Waals surface area (Å²) in [6, 6.07) is -1.18. The minimum atomic E-state index is -1.23. The average molecular weight is 468 g/mol. The molecule has 4 N–H and O–H groups in total. The van der Waals surface area contributed by atoms with Crippen LogP contribution in [0.5, 0.6) is 0 Å². The Morgan fingerprint density at radius 3 is 2.42 bits per heavy atom. The number of nitrogens with one attached hydrogen (secondary N) is 1.